The van der Waals surface area contributed by atoms with Crippen LogP contribution in [0.1, 0.15) is 18.9 Å². The molecule has 0 aromatic heterocycles. The Morgan fingerprint density at radius 2 is 2.11 bits per heavy atom. The Morgan fingerprint density at radius 1 is 1.32 bits per heavy atom. The van der Waals surface area contributed by atoms with Gasteiger partial charge >= 0.3 is 0 Å². The van der Waals surface area contributed by atoms with Crippen molar-refractivity contribution in [1.82, 2.24) is 4.90 Å². The quantitative estimate of drug-likeness (QED) is 0.882. The van der Waals surface area contributed by atoms with Crippen molar-refractivity contribution in [3.8, 4) is 11.5 Å². The number of likely N-dealkylation sites (tertiary alicyclic amines) is 1. The monoisotopic (exact) mass is 264 g/mol. The van der Waals surface area contributed by atoms with E-state index in [1.165, 1.54) is 12.0 Å². The molecule has 0 spiro atoms. The fourth-order valence-electron chi connectivity index (χ4n) is 2.81. The van der Waals surface area contributed by atoms with Crippen LogP contribution in [0.3, 0.4) is 0 Å². The second kappa shape index (κ2) is 6.26. The van der Waals surface area contributed by atoms with Crippen LogP contribution in [0, 0.1) is 5.92 Å². The van der Waals surface area contributed by atoms with Gasteiger partial charge in [0.15, 0.2) is 0 Å². The molecule has 4 heteroatoms. The molecular formula is C15H24N2O2. The zero-order valence-corrected chi connectivity index (χ0v) is 12.1. The topological polar surface area (TPSA) is 47.7 Å². The first kappa shape index (κ1) is 14.2. The van der Waals surface area contributed by atoms with Gasteiger partial charge in [-0.1, -0.05) is 6.07 Å². The van der Waals surface area contributed by atoms with E-state index in [1.807, 2.05) is 12.1 Å². The highest BCUT2D eigenvalue weighted by atomic mass is 16.5. The van der Waals surface area contributed by atoms with Crippen LogP contribution in [0.2, 0.25) is 0 Å². The molecule has 4 nitrogen and oxygen atoms in total. The van der Waals surface area contributed by atoms with Gasteiger partial charge in [-0.3, -0.25) is 4.90 Å². The molecule has 2 unspecified atom stereocenters. The highest BCUT2D eigenvalue weighted by Crippen LogP contribution is 2.29. The Balaban J connectivity index is 2.10. The summed E-state index contributed by atoms with van der Waals surface area (Å²) >= 11 is 0. The molecular weight excluding hydrogens is 240 g/mol. The molecule has 19 heavy (non-hydrogen) atoms. The maximum Gasteiger partial charge on any atom is 0.127 e. The predicted molar refractivity (Wildman–Crippen MR) is 76.6 cm³/mol. The van der Waals surface area contributed by atoms with E-state index in [1.54, 1.807) is 14.2 Å². The Morgan fingerprint density at radius 3 is 2.68 bits per heavy atom. The molecule has 1 saturated heterocycles. The van der Waals surface area contributed by atoms with Crippen LogP contribution >= 0.6 is 0 Å². The Bertz CT molecular complexity index is 423. The minimum absolute atomic E-state index is 0.584. The molecule has 1 aliphatic heterocycles. The molecule has 2 N–H and O–H groups in total. The zero-order chi connectivity index (χ0) is 13.8. The summed E-state index contributed by atoms with van der Waals surface area (Å²) in [7, 11) is 3.37. The lowest BCUT2D eigenvalue weighted by atomic mass is 10.1. The van der Waals surface area contributed by atoms with Gasteiger partial charge in [0, 0.05) is 30.8 Å². The fourth-order valence-corrected chi connectivity index (χ4v) is 2.81. The average Bonchev–Trinajstić information content (AvgIpc) is 2.80. The molecule has 1 aliphatic rings. The summed E-state index contributed by atoms with van der Waals surface area (Å²) in [6.45, 7) is 5.03. The van der Waals surface area contributed by atoms with Crippen molar-refractivity contribution in [3.05, 3.63) is 23.8 Å². The lowest BCUT2D eigenvalue weighted by Gasteiger charge is -2.22. The first-order chi connectivity index (χ1) is 9.17. The first-order valence-corrected chi connectivity index (χ1v) is 6.83. The van der Waals surface area contributed by atoms with Crippen molar-refractivity contribution in [2.45, 2.75) is 25.9 Å². The number of nitrogens with two attached hydrogens (primary N) is 1. The maximum atomic E-state index is 5.78. The van der Waals surface area contributed by atoms with E-state index in [0.29, 0.717) is 12.0 Å². The second-order valence-corrected chi connectivity index (χ2v) is 5.29. The smallest absolute Gasteiger partial charge is 0.127 e. The maximum absolute atomic E-state index is 5.78. The molecule has 0 aliphatic carbocycles. The number of methoxy groups -OCH3 is 2. The van der Waals surface area contributed by atoms with Gasteiger partial charge in [0.05, 0.1) is 14.2 Å². The molecule has 1 fully saturated rings. The van der Waals surface area contributed by atoms with Gasteiger partial charge in [0.25, 0.3) is 0 Å². The Labute approximate surface area is 115 Å². The Hall–Kier alpha value is -1.26. The molecule has 2 rings (SSSR count). The predicted octanol–water partition coefficient (Wildman–Crippen LogP) is 1.87. The summed E-state index contributed by atoms with van der Waals surface area (Å²) in [6, 6.07) is 6.59. The molecule has 1 heterocycles. The number of rotatable bonds is 5. The van der Waals surface area contributed by atoms with Gasteiger partial charge in [-0.25, -0.2) is 0 Å². The number of hydrogen-bond donors (Lipinski definition) is 1. The molecule has 1 aromatic rings. The number of ether oxygens (including phenoxy) is 2. The third kappa shape index (κ3) is 3.19. The van der Waals surface area contributed by atoms with Crippen LogP contribution in [0.5, 0.6) is 11.5 Å². The van der Waals surface area contributed by atoms with Gasteiger partial charge in [0.2, 0.25) is 0 Å². The largest absolute Gasteiger partial charge is 0.497 e. The molecule has 0 amide bonds. The van der Waals surface area contributed by atoms with Gasteiger partial charge in [0.1, 0.15) is 11.5 Å². The van der Waals surface area contributed by atoms with Crippen molar-refractivity contribution in [2.75, 3.05) is 27.3 Å². The van der Waals surface area contributed by atoms with Crippen LogP contribution in [-0.2, 0) is 6.54 Å². The lowest BCUT2D eigenvalue weighted by molar-refractivity contribution is 0.251. The SMILES string of the molecule is COc1ccc(CN2CC(CN)CC2C)c(OC)c1. The van der Waals surface area contributed by atoms with Crippen molar-refractivity contribution in [3.63, 3.8) is 0 Å². The van der Waals surface area contributed by atoms with Gasteiger partial charge in [-0.15, -0.1) is 0 Å². The summed E-state index contributed by atoms with van der Waals surface area (Å²) < 4.78 is 10.7. The van der Waals surface area contributed by atoms with E-state index in [9.17, 15) is 0 Å². The molecule has 106 valence electrons. The van der Waals surface area contributed by atoms with E-state index in [0.717, 1.165) is 31.1 Å². The highest BCUT2D eigenvalue weighted by molar-refractivity contribution is 5.40. The summed E-state index contributed by atoms with van der Waals surface area (Å²) in [5.41, 5.74) is 6.98. The Kier molecular flexibility index (Phi) is 4.66. The van der Waals surface area contributed by atoms with Crippen molar-refractivity contribution in [2.24, 2.45) is 11.7 Å². The molecule has 0 radical (unpaired) electrons. The molecule has 0 bridgehead atoms. The number of hydrogen-bond acceptors (Lipinski definition) is 4. The average molecular weight is 264 g/mol. The highest BCUT2D eigenvalue weighted by Gasteiger charge is 2.28. The van der Waals surface area contributed by atoms with Gasteiger partial charge in [-0.05, 0) is 31.9 Å². The third-order valence-corrected chi connectivity index (χ3v) is 3.99. The van der Waals surface area contributed by atoms with Crippen molar-refractivity contribution < 1.29 is 9.47 Å². The van der Waals surface area contributed by atoms with E-state index in [-0.39, 0.29) is 0 Å². The second-order valence-electron chi connectivity index (χ2n) is 5.29. The first-order valence-electron chi connectivity index (χ1n) is 6.83. The summed E-state index contributed by atoms with van der Waals surface area (Å²) in [5, 5.41) is 0. The van der Waals surface area contributed by atoms with E-state index < -0.39 is 0 Å². The minimum Gasteiger partial charge on any atom is -0.497 e. The normalized spacial score (nSPS) is 23.6. The summed E-state index contributed by atoms with van der Waals surface area (Å²) in [5.74, 6) is 2.34. The molecule has 1 aromatic carbocycles. The standard InChI is InChI=1S/C15H24N2O2/c1-11-6-12(8-16)9-17(11)10-13-4-5-14(18-2)7-15(13)19-3/h4-5,7,11-12H,6,8-10,16H2,1-3H3. The van der Waals surface area contributed by atoms with Crippen LogP contribution in [-0.4, -0.2) is 38.3 Å². The van der Waals surface area contributed by atoms with E-state index in [2.05, 4.69) is 17.9 Å². The zero-order valence-electron chi connectivity index (χ0n) is 12.1. The third-order valence-electron chi connectivity index (χ3n) is 3.99. The van der Waals surface area contributed by atoms with Crippen LogP contribution in [0.25, 0.3) is 0 Å². The van der Waals surface area contributed by atoms with Crippen LogP contribution in [0.4, 0.5) is 0 Å². The molecule has 2 atom stereocenters. The number of nitrogens with zero attached hydrogens (tertiary/aromatic N) is 1. The number of benzene rings is 1. The lowest BCUT2D eigenvalue weighted by Crippen LogP contribution is -2.27. The minimum atomic E-state index is 0.584. The van der Waals surface area contributed by atoms with Crippen molar-refractivity contribution in [1.29, 1.82) is 0 Å². The fraction of sp³-hybridized carbons (Fsp3) is 0.600. The summed E-state index contributed by atoms with van der Waals surface area (Å²) in [4.78, 5) is 2.47. The van der Waals surface area contributed by atoms with Crippen molar-refractivity contribution >= 4 is 0 Å². The summed E-state index contributed by atoms with van der Waals surface area (Å²) in [6.07, 6.45) is 1.19. The van der Waals surface area contributed by atoms with E-state index in [4.69, 9.17) is 15.2 Å². The van der Waals surface area contributed by atoms with E-state index >= 15 is 0 Å². The van der Waals surface area contributed by atoms with Crippen LogP contribution < -0.4 is 15.2 Å². The van der Waals surface area contributed by atoms with Gasteiger partial charge in [-0.2, -0.15) is 0 Å². The van der Waals surface area contributed by atoms with Gasteiger partial charge < -0.3 is 15.2 Å². The van der Waals surface area contributed by atoms with Crippen LogP contribution in [0.15, 0.2) is 18.2 Å². The molecule has 0 saturated carbocycles.